The zero-order valence-electron chi connectivity index (χ0n) is 5.47. The third-order valence-electron chi connectivity index (χ3n) is 1.50. The number of hydrogen-bond acceptors (Lipinski definition) is 1. The van der Waals surface area contributed by atoms with E-state index in [4.69, 9.17) is 16.0 Å². The van der Waals surface area contributed by atoms with Crippen molar-refractivity contribution in [1.82, 2.24) is 0 Å². The van der Waals surface area contributed by atoms with Crippen LogP contribution in [0.2, 0.25) is 5.02 Å². The standard InChI is InChI=1S/C8H4BrClO/c9-5-2-1-3-7-8(5)6(10)4-11-7/h1-4H. The highest BCUT2D eigenvalue weighted by Crippen LogP contribution is 2.31. The highest BCUT2D eigenvalue weighted by molar-refractivity contribution is 9.10. The fourth-order valence-corrected chi connectivity index (χ4v) is 1.92. The molecule has 0 amide bonds. The molecule has 0 saturated carbocycles. The smallest absolute Gasteiger partial charge is 0.136 e. The molecule has 1 heterocycles. The van der Waals surface area contributed by atoms with Crippen LogP contribution >= 0.6 is 27.5 Å². The van der Waals surface area contributed by atoms with E-state index in [1.807, 2.05) is 18.2 Å². The lowest BCUT2D eigenvalue weighted by Crippen LogP contribution is -1.66. The van der Waals surface area contributed by atoms with Crippen LogP contribution in [0.1, 0.15) is 0 Å². The third kappa shape index (κ3) is 1.06. The van der Waals surface area contributed by atoms with E-state index >= 15 is 0 Å². The summed E-state index contributed by atoms with van der Waals surface area (Å²) in [6, 6.07) is 5.72. The van der Waals surface area contributed by atoms with E-state index in [0.29, 0.717) is 5.02 Å². The van der Waals surface area contributed by atoms with Gasteiger partial charge >= 0.3 is 0 Å². The highest BCUT2D eigenvalue weighted by Gasteiger charge is 2.05. The van der Waals surface area contributed by atoms with Crippen LogP contribution in [0.4, 0.5) is 0 Å². The first-order valence-corrected chi connectivity index (χ1v) is 4.27. The first-order chi connectivity index (χ1) is 5.29. The Morgan fingerprint density at radius 2 is 2.18 bits per heavy atom. The number of halogens is 2. The number of furan rings is 1. The van der Waals surface area contributed by atoms with Crippen molar-refractivity contribution in [2.45, 2.75) is 0 Å². The van der Waals surface area contributed by atoms with Gasteiger partial charge in [0.25, 0.3) is 0 Å². The van der Waals surface area contributed by atoms with Crippen LogP contribution in [0.15, 0.2) is 33.4 Å². The molecular formula is C8H4BrClO. The quantitative estimate of drug-likeness (QED) is 0.671. The lowest BCUT2D eigenvalue weighted by atomic mass is 10.3. The lowest BCUT2D eigenvalue weighted by Gasteiger charge is -1.90. The maximum absolute atomic E-state index is 5.85. The Hall–Kier alpha value is -0.470. The van der Waals surface area contributed by atoms with E-state index < -0.39 is 0 Å². The Kier molecular flexibility index (Phi) is 1.66. The molecule has 1 aromatic heterocycles. The van der Waals surface area contributed by atoms with Gasteiger partial charge in [0.05, 0.1) is 10.4 Å². The second-order valence-corrected chi connectivity index (χ2v) is 3.46. The van der Waals surface area contributed by atoms with Gasteiger partial charge in [0, 0.05) is 4.47 Å². The largest absolute Gasteiger partial charge is 0.463 e. The Balaban J connectivity index is 2.96. The molecule has 2 rings (SSSR count). The van der Waals surface area contributed by atoms with Crippen molar-refractivity contribution in [3.05, 3.63) is 34.0 Å². The Bertz CT molecular complexity index is 394. The van der Waals surface area contributed by atoms with Gasteiger partial charge in [-0.15, -0.1) is 0 Å². The van der Waals surface area contributed by atoms with Gasteiger partial charge < -0.3 is 4.42 Å². The SMILES string of the molecule is Clc1coc2cccc(Br)c12. The molecule has 2 aromatic rings. The van der Waals surface area contributed by atoms with Gasteiger partial charge in [0.2, 0.25) is 0 Å². The van der Waals surface area contributed by atoms with E-state index in [2.05, 4.69) is 15.9 Å². The van der Waals surface area contributed by atoms with Crippen molar-refractivity contribution in [2.75, 3.05) is 0 Å². The average molecular weight is 231 g/mol. The van der Waals surface area contributed by atoms with E-state index in [1.54, 1.807) is 0 Å². The van der Waals surface area contributed by atoms with Crippen LogP contribution in [0.25, 0.3) is 11.0 Å². The molecule has 1 nitrogen and oxygen atoms in total. The zero-order valence-corrected chi connectivity index (χ0v) is 7.82. The molecule has 0 fully saturated rings. The van der Waals surface area contributed by atoms with Crippen LogP contribution in [-0.2, 0) is 0 Å². The fourth-order valence-electron chi connectivity index (χ4n) is 1.01. The van der Waals surface area contributed by atoms with Crippen molar-refractivity contribution >= 4 is 38.5 Å². The average Bonchev–Trinajstić information content (AvgIpc) is 2.34. The van der Waals surface area contributed by atoms with Gasteiger partial charge in [-0.05, 0) is 28.1 Å². The van der Waals surface area contributed by atoms with Crippen molar-refractivity contribution in [2.24, 2.45) is 0 Å². The molecular weight excluding hydrogens is 227 g/mol. The summed E-state index contributed by atoms with van der Waals surface area (Å²) in [5.74, 6) is 0. The minimum Gasteiger partial charge on any atom is -0.463 e. The summed E-state index contributed by atoms with van der Waals surface area (Å²) in [5.41, 5.74) is 0.810. The number of rotatable bonds is 0. The topological polar surface area (TPSA) is 13.1 Å². The van der Waals surface area contributed by atoms with Gasteiger partial charge in [0.15, 0.2) is 0 Å². The molecule has 3 heteroatoms. The molecule has 0 atom stereocenters. The monoisotopic (exact) mass is 230 g/mol. The van der Waals surface area contributed by atoms with Gasteiger partial charge in [-0.3, -0.25) is 0 Å². The molecule has 11 heavy (non-hydrogen) atoms. The molecule has 0 unspecified atom stereocenters. The Labute approximate surface area is 77.1 Å². The lowest BCUT2D eigenvalue weighted by molar-refractivity contribution is 0.616. The summed E-state index contributed by atoms with van der Waals surface area (Å²) in [6.45, 7) is 0. The predicted octanol–water partition coefficient (Wildman–Crippen LogP) is 3.85. The van der Waals surface area contributed by atoms with E-state index in [-0.39, 0.29) is 0 Å². The predicted molar refractivity (Wildman–Crippen MR) is 48.9 cm³/mol. The third-order valence-corrected chi connectivity index (χ3v) is 2.44. The van der Waals surface area contributed by atoms with Crippen molar-refractivity contribution in [3.8, 4) is 0 Å². The minimum absolute atomic E-state index is 0.646. The highest BCUT2D eigenvalue weighted by atomic mass is 79.9. The van der Waals surface area contributed by atoms with Crippen molar-refractivity contribution in [1.29, 1.82) is 0 Å². The number of hydrogen-bond donors (Lipinski definition) is 0. The fraction of sp³-hybridized carbons (Fsp3) is 0. The van der Waals surface area contributed by atoms with Gasteiger partial charge in [-0.2, -0.15) is 0 Å². The van der Waals surface area contributed by atoms with E-state index in [9.17, 15) is 0 Å². The van der Waals surface area contributed by atoms with E-state index in [0.717, 1.165) is 15.4 Å². The van der Waals surface area contributed by atoms with Crippen LogP contribution in [0.5, 0.6) is 0 Å². The summed E-state index contributed by atoms with van der Waals surface area (Å²) in [7, 11) is 0. The summed E-state index contributed by atoms with van der Waals surface area (Å²) in [5, 5.41) is 1.58. The molecule has 0 bridgehead atoms. The van der Waals surface area contributed by atoms with Crippen molar-refractivity contribution in [3.63, 3.8) is 0 Å². The molecule has 56 valence electrons. The normalized spacial score (nSPS) is 10.7. The van der Waals surface area contributed by atoms with Crippen LogP contribution in [-0.4, -0.2) is 0 Å². The molecule has 0 aliphatic carbocycles. The molecule has 1 aromatic carbocycles. The molecule has 0 saturated heterocycles. The molecule has 0 spiro atoms. The van der Waals surface area contributed by atoms with Crippen LogP contribution in [0.3, 0.4) is 0 Å². The van der Waals surface area contributed by atoms with Gasteiger partial charge in [-0.1, -0.05) is 17.7 Å². The van der Waals surface area contributed by atoms with Gasteiger partial charge in [0.1, 0.15) is 11.8 Å². The summed E-state index contributed by atoms with van der Waals surface area (Å²) >= 11 is 9.24. The summed E-state index contributed by atoms with van der Waals surface area (Å²) in [6.07, 6.45) is 1.54. The molecule has 0 radical (unpaired) electrons. The zero-order chi connectivity index (χ0) is 7.84. The van der Waals surface area contributed by atoms with E-state index in [1.165, 1.54) is 6.26 Å². The molecule has 0 aliphatic rings. The summed E-state index contributed by atoms with van der Waals surface area (Å²) < 4.78 is 6.13. The first-order valence-electron chi connectivity index (χ1n) is 3.10. The van der Waals surface area contributed by atoms with Crippen molar-refractivity contribution < 1.29 is 4.42 Å². The second-order valence-electron chi connectivity index (χ2n) is 2.20. The summed E-state index contributed by atoms with van der Waals surface area (Å²) in [4.78, 5) is 0. The minimum atomic E-state index is 0.646. The number of benzene rings is 1. The van der Waals surface area contributed by atoms with Gasteiger partial charge in [-0.25, -0.2) is 0 Å². The van der Waals surface area contributed by atoms with Crippen LogP contribution < -0.4 is 0 Å². The molecule has 0 N–H and O–H groups in total. The Morgan fingerprint density at radius 1 is 1.36 bits per heavy atom. The molecule has 0 aliphatic heterocycles. The van der Waals surface area contributed by atoms with Crippen LogP contribution in [0, 0.1) is 0 Å². The second kappa shape index (κ2) is 2.54. The Morgan fingerprint density at radius 3 is 2.91 bits per heavy atom. The maximum atomic E-state index is 5.85. The first kappa shape index (κ1) is 7.19. The number of fused-ring (bicyclic) bond motifs is 1. The maximum Gasteiger partial charge on any atom is 0.136 e.